The van der Waals surface area contributed by atoms with Gasteiger partial charge in [0.1, 0.15) is 0 Å². The SMILES string of the molecule is Cc1cccc(CS(=O)(=O)Nc2ccc(N3CCOCC3C)cc2)c1. The van der Waals surface area contributed by atoms with Crippen LogP contribution in [0.2, 0.25) is 0 Å². The van der Waals surface area contributed by atoms with Gasteiger partial charge in [0.15, 0.2) is 0 Å². The minimum absolute atomic E-state index is 0.0308. The molecule has 6 heteroatoms. The molecule has 0 aromatic heterocycles. The van der Waals surface area contributed by atoms with Crippen LogP contribution in [0, 0.1) is 6.92 Å². The largest absolute Gasteiger partial charge is 0.377 e. The first-order chi connectivity index (χ1) is 11.9. The zero-order valence-corrected chi connectivity index (χ0v) is 15.4. The van der Waals surface area contributed by atoms with Gasteiger partial charge in [-0.2, -0.15) is 0 Å². The molecular weight excluding hydrogens is 336 g/mol. The van der Waals surface area contributed by atoms with E-state index in [2.05, 4.69) is 16.5 Å². The lowest BCUT2D eigenvalue weighted by atomic mass is 10.2. The van der Waals surface area contributed by atoms with Gasteiger partial charge in [0.25, 0.3) is 0 Å². The Morgan fingerprint density at radius 2 is 1.96 bits per heavy atom. The minimum atomic E-state index is -3.44. The summed E-state index contributed by atoms with van der Waals surface area (Å²) in [5.41, 5.74) is 3.50. The average Bonchev–Trinajstić information content (AvgIpc) is 2.55. The minimum Gasteiger partial charge on any atom is -0.377 e. The van der Waals surface area contributed by atoms with E-state index in [1.165, 1.54) is 0 Å². The Morgan fingerprint density at radius 3 is 2.64 bits per heavy atom. The number of morpholine rings is 1. The lowest BCUT2D eigenvalue weighted by Crippen LogP contribution is -2.43. The van der Waals surface area contributed by atoms with Crippen LogP contribution in [0.3, 0.4) is 0 Å². The van der Waals surface area contributed by atoms with E-state index in [9.17, 15) is 8.42 Å². The van der Waals surface area contributed by atoms with Gasteiger partial charge >= 0.3 is 0 Å². The fraction of sp³-hybridized carbons (Fsp3) is 0.368. The van der Waals surface area contributed by atoms with Gasteiger partial charge in [0, 0.05) is 24.0 Å². The van der Waals surface area contributed by atoms with E-state index in [0.717, 1.165) is 30.0 Å². The van der Waals surface area contributed by atoms with Crippen molar-refractivity contribution in [3.63, 3.8) is 0 Å². The van der Waals surface area contributed by atoms with E-state index >= 15 is 0 Å². The molecule has 0 saturated carbocycles. The second kappa shape index (κ2) is 7.45. The lowest BCUT2D eigenvalue weighted by molar-refractivity contribution is 0.0989. The van der Waals surface area contributed by atoms with Crippen LogP contribution >= 0.6 is 0 Å². The summed E-state index contributed by atoms with van der Waals surface area (Å²) in [7, 11) is -3.44. The van der Waals surface area contributed by atoms with Crippen LogP contribution in [0.5, 0.6) is 0 Å². The molecule has 2 aromatic carbocycles. The number of benzene rings is 2. The van der Waals surface area contributed by atoms with Crippen molar-refractivity contribution < 1.29 is 13.2 Å². The van der Waals surface area contributed by atoms with Crippen molar-refractivity contribution in [2.24, 2.45) is 0 Å². The molecule has 2 aromatic rings. The molecule has 3 rings (SSSR count). The lowest BCUT2D eigenvalue weighted by Gasteiger charge is -2.35. The topological polar surface area (TPSA) is 58.6 Å². The summed E-state index contributed by atoms with van der Waals surface area (Å²) in [6.07, 6.45) is 0. The van der Waals surface area contributed by atoms with Gasteiger partial charge in [-0.05, 0) is 43.7 Å². The fourth-order valence-corrected chi connectivity index (χ4v) is 4.25. The van der Waals surface area contributed by atoms with E-state index in [4.69, 9.17) is 4.74 Å². The summed E-state index contributed by atoms with van der Waals surface area (Å²) < 4.78 is 32.9. The molecule has 1 saturated heterocycles. The van der Waals surface area contributed by atoms with Crippen molar-refractivity contribution in [3.05, 3.63) is 59.7 Å². The maximum absolute atomic E-state index is 12.4. The molecule has 1 aliphatic rings. The number of hydrogen-bond donors (Lipinski definition) is 1. The summed E-state index contributed by atoms with van der Waals surface area (Å²) in [6.45, 7) is 6.35. The second-order valence-electron chi connectivity index (χ2n) is 6.51. The smallest absolute Gasteiger partial charge is 0.236 e. The quantitative estimate of drug-likeness (QED) is 0.890. The molecule has 25 heavy (non-hydrogen) atoms. The van der Waals surface area contributed by atoms with E-state index in [0.29, 0.717) is 18.3 Å². The molecule has 1 heterocycles. The number of aryl methyl sites for hydroxylation is 1. The van der Waals surface area contributed by atoms with Crippen LogP contribution < -0.4 is 9.62 Å². The van der Waals surface area contributed by atoms with Gasteiger partial charge in [-0.15, -0.1) is 0 Å². The molecule has 0 radical (unpaired) electrons. The van der Waals surface area contributed by atoms with Gasteiger partial charge in [0.2, 0.25) is 10.0 Å². The van der Waals surface area contributed by atoms with E-state index in [1.54, 1.807) is 0 Å². The third-order valence-electron chi connectivity index (χ3n) is 4.28. The van der Waals surface area contributed by atoms with Gasteiger partial charge < -0.3 is 9.64 Å². The van der Waals surface area contributed by atoms with Crippen molar-refractivity contribution in [3.8, 4) is 0 Å². The van der Waals surface area contributed by atoms with Crippen LogP contribution in [-0.2, 0) is 20.5 Å². The Labute approximate surface area is 149 Å². The Kier molecular flexibility index (Phi) is 5.30. The Morgan fingerprint density at radius 1 is 1.20 bits per heavy atom. The predicted molar refractivity (Wildman–Crippen MR) is 101 cm³/mol. The average molecular weight is 360 g/mol. The normalized spacial score (nSPS) is 18.2. The third kappa shape index (κ3) is 4.74. The number of rotatable bonds is 5. The number of nitrogens with one attached hydrogen (secondary N) is 1. The Bertz CT molecular complexity index is 819. The molecule has 1 unspecified atom stereocenters. The highest BCUT2D eigenvalue weighted by molar-refractivity contribution is 7.91. The molecule has 0 bridgehead atoms. The summed E-state index contributed by atoms with van der Waals surface area (Å²) in [4.78, 5) is 2.27. The van der Waals surface area contributed by atoms with Gasteiger partial charge in [-0.1, -0.05) is 29.8 Å². The number of nitrogens with zero attached hydrogens (tertiary/aromatic N) is 1. The van der Waals surface area contributed by atoms with Crippen molar-refractivity contribution in [2.75, 3.05) is 29.4 Å². The number of sulfonamides is 1. The van der Waals surface area contributed by atoms with Crippen LogP contribution in [0.1, 0.15) is 18.1 Å². The Hall–Kier alpha value is -2.05. The highest BCUT2D eigenvalue weighted by atomic mass is 32.2. The fourth-order valence-electron chi connectivity index (χ4n) is 3.07. The second-order valence-corrected chi connectivity index (χ2v) is 8.24. The first-order valence-corrected chi connectivity index (χ1v) is 10.1. The maximum Gasteiger partial charge on any atom is 0.236 e. The van der Waals surface area contributed by atoms with Crippen molar-refractivity contribution >= 4 is 21.4 Å². The zero-order valence-electron chi connectivity index (χ0n) is 14.6. The molecule has 5 nitrogen and oxygen atoms in total. The molecule has 1 aliphatic heterocycles. The van der Waals surface area contributed by atoms with Crippen LogP contribution in [0.25, 0.3) is 0 Å². The van der Waals surface area contributed by atoms with E-state index < -0.39 is 10.0 Å². The molecule has 1 N–H and O–H groups in total. The molecule has 134 valence electrons. The number of anilines is 2. The molecule has 1 atom stereocenters. The molecule has 0 amide bonds. The van der Waals surface area contributed by atoms with E-state index in [-0.39, 0.29) is 5.75 Å². The van der Waals surface area contributed by atoms with Gasteiger partial charge in [0.05, 0.1) is 19.0 Å². The highest BCUT2D eigenvalue weighted by Crippen LogP contribution is 2.23. The maximum atomic E-state index is 12.4. The van der Waals surface area contributed by atoms with Crippen molar-refractivity contribution in [2.45, 2.75) is 25.6 Å². The number of hydrogen-bond acceptors (Lipinski definition) is 4. The predicted octanol–water partition coefficient (Wildman–Crippen LogP) is 3.16. The van der Waals surface area contributed by atoms with Crippen molar-refractivity contribution in [1.29, 1.82) is 0 Å². The monoisotopic (exact) mass is 360 g/mol. The van der Waals surface area contributed by atoms with E-state index in [1.807, 2.05) is 55.5 Å². The summed E-state index contributed by atoms with van der Waals surface area (Å²) in [6, 6.07) is 15.4. The Balaban J connectivity index is 1.68. The number of ether oxygens (including phenoxy) is 1. The van der Waals surface area contributed by atoms with Crippen molar-refractivity contribution in [1.82, 2.24) is 0 Å². The molecular formula is C19H24N2O3S. The molecule has 1 fully saturated rings. The molecule has 0 aliphatic carbocycles. The summed E-state index contributed by atoms with van der Waals surface area (Å²) in [5, 5.41) is 0. The third-order valence-corrected chi connectivity index (χ3v) is 5.54. The van der Waals surface area contributed by atoms with Crippen LogP contribution in [-0.4, -0.2) is 34.2 Å². The standard InChI is InChI=1S/C19H24N2O3S/c1-15-4-3-5-17(12-15)14-25(22,23)20-18-6-8-19(9-7-18)21-10-11-24-13-16(21)2/h3-9,12,16,20H,10-11,13-14H2,1-2H3. The summed E-state index contributed by atoms with van der Waals surface area (Å²) in [5.74, 6) is -0.0308. The highest BCUT2D eigenvalue weighted by Gasteiger charge is 2.19. The first kappa shape index (κ1) is 17.8. The summed E-state index contributed by atoms with van der Waals surface area (Å²) >= 11 is 0. The van der Waals surface area contributed by atoms with Gasteiger partial charge in [-0.3, -0.25) is 4.72 Å². The van der Waals surface area contributed by atoms with Gasteiger partial charge in [-0.25, -0.2) is 8.42 Å². The zero-order chi connectivity index (χ0) is 17.9. The molecule has 0 spiro atoms. The van der Waals surface area contributed by atoms with Crippen LogP contribution in [0.15, 0.2) is 48.5 Å². The first-order valence-electron chi connectivity index (χ1n) is 8.43. The van der Waals surface area contributed by atoms with Crippen LogP contribution in [0.4, 0.5) is 11.4 Å².